The topological polar surface area (TPSA) is 108 Å². The highest BCUT2D eigenvalue weighted by atomic mass is 16.5. The van der Waals surface area contributed by atoms with Crippen molar-refractivity contribution < 1.29 is 24.2 Å². The van der Waals surface area contributed by atoms with E-state index in [9.17, 15) is 19.5 Å². The van der Waals surface area contributed by atoms with Crippen LogP contribution in [0, 0.1) is 0 Å². The van der Waals surface area contributed by atoms with Gasteiger partial charge in [-0.1, -0.05) is 18.2 Å². The third-order valence-electron chi connectivity index (χ3n) is 3.82. The lowest BCUT2D eigenvalue weighted by Crippen LogP contribution is -2.54. The number of hydrogen-bond donors (Lipinski definition) is 3. The first kappa shape index (κ1) is 18.9. The molecule has 2 rings (SSSR count). The fourth-order valence-electron chi connectivity index (χ4n) is 2.48. The van der Waals surface area contributed by atoms with E-state index in [0.717, 1.165) is 0 Å². The van der Waals surface area contributed by atoms with Crippen molar-refractivity contribution in [2.75, 3.05) is 39.4 Å². The van der Waals surface area contributed by atoms with E-state index in [4.69, 9.17) is 4.74 Å². The monoisotopic (exact) mass is 349 g/mol. The van der Waals surface area contributed by atoms with Crippen LogP contribution >= 0.6 is 0 Å². The number of carbonyl (C=O) groups is 3. The number of amides is 3. The van der Waals surface area contributed by atoms with Gasteiger partial charge in [0.15, 0.2) is 0 Å². The number of rotatable bonds is 5. The number of β-amino-alcohol motifs (C(OH)–C–C–N with tert-alkyl or cyclic N) is 1. The molecule has 0 aromatic heterocycles. The van der Waals surface area contributed by atoms with Crippen LogP contribution in [0.25, 0.3) is 0 Å². The van der Waals surface area contributed by atoms with Gasteiger partial charge in [0.05, 0.1) is 32.8 Å². The zero-order chi connectivity index (χ0) is 18.3. The maximum absolute atomic E-state index is 12.4. The summed E-state index contributed by atoms with van der Waals surface area (Å²) in [6.07, 6.45) is 0. The van der Waals surface area contributed by atoms with Crippen molar-refractivity contribution >= 4 is 17.7 Å². The molecule has 0 bridgehead atoms. The molecule has 0 saturated carbocycles. The normalized spacial score (nSPS) is 20.5. The first-order valence-electron chi connectivity index (χ1n) is 8.05. The summed E-state index contributed by atoms with van der Waals surface area (Å²) in [4.78, 5) is 36.9. The van der Waals surface area contributed by atoms with E-state index in [1.54, 1.807) is 30.3 Å². The van der Waals surface area contributed by atoms with Crippen LogP contribution in [0.4, 0.5) is 0 Å². The molecule has 8 nitrogen and oxygen atoms in total. The predicted octanol–water partition coefficient (Wildman–Crippen LogP) is -0.858. The zero-order valence-electron chi connectivity index (χ0n) is 14.2. The van der Waals surface area contributed by atoms with Crippen LogP contribution in [0.5, 0.6) is 0 Å². The van der Waals surface area contributed by atoms with Crippen LogP contribution in [0.3, 0.4) is 0 Å². The SMILES string of the molecule is CC(=O)NC[C@@]1(O)COCCN(C(=O)CNC(=O)c2ccccc2)C1. The number of nitrogens with zero attached hydrogens (tertiary/aromatic N) is 1. The van der Waals surface area contributed by atoms with Crippen LogP contribution in [0.2, 0.25) is 0 Å². The van der Waals surface area contributed by atoms with Crippen molar-refractivity contribution in [1.29, 1.82) is 0 Å². The van der Waals surface area contributed by atoms with Gasteiger partial charge in [-0.05, 0) is 12.1 Å². The molecule has 1 aromatic rings. The molecular weight excluding hydrogens is 326 g/mol. The molecule has 1 atom stereocenters. The van der Waals surface area contributed by atoms with Gasteiger partial charge in [-0.3, -0.25) is 14.4 Å². The summed E-state index contributed by atoms with van der Waals surface area (Å²) in [5.41, 5.74) is -0.891. The Morgan fingerprint density at radius 1 is 1.24 bits per heavy atom. The second kappa shape index (κ2) is 8.59. The van der Waals surface area contributed by atoms with Gasteiger partial charge in [-0.15, -0.1) is 0 Å². The van der Waals surface area contributed by atoms with E-state index in [1.807, 2.05) is 0 Å². The smallest absolute Gasteiger partial charge is 0.251 e. The molecule has 3 amide bonds. The molecular formula is C17H23N3O5. The van der Waals surface area contributed by atoms with Crippen LogP contribution in [-0.4, -0.2) is 72.7 Å². The lowest BCUT2D eigenvalue weighted by molar-refractivity contribution is -0.133. The van der Waals surface area contributed by atoms with Crippen molar-refractivity contribution in [2.24, 2.45) is 0 Å². The van der Waals surface area contributed by atoms with E-state index in [0.29, 0.717) is 12.1 Å². The molecule has 25 heavy (non-hydrogen) atoms. The first-order valence-corrected chi connectivity index (χ1v) is 8.05. The molecule has 1 heterocycles. The van der Waals surface area contributed by atoms with Crippen LogP contribution < -0.4 is 10.6 Å². The summed E-state index contributed by atoms with van der Waals surface area (Å²) in [5.74, 6) is -0.935. The summed E-state index contributed by atoms with van der Waals surface area (Å²) < 4.78 is 5.34. The largest absolute Gasteiger partial charge is 0.384 e. The molecule has 1 aromatic carbocycles. The number of hydrogen-bond acceptors (Lipinski definition) is 5. The summed E-state index contributed by atoms with van der Waals surface area (Å²) in [5, 5.41) is 15.7. The molecule has 0 radical (unpaired) electrons. The highest BCUT2D eigenvalue weighted by Gasteiger charge is 2.34. The van der Waals surface area contributed by atoms with Crippen LogP contribution in [0.15, 0.2) is 30.3 Å². The van der Waals surface area contributed by atoms with E-state index in [1.165, 1.54) is 11.8 Å². The number of benzene rings is 1. The Bertz CT molecular complexity index is 622. The summed E-state index contributed by atoms with van der Waals surface area (Å²) in [7, 11) is 0. The number of carbonyl (C=O) groups excluding carboxylic acids is 3. The molecule has 8 heteroatoms. The van der Waals surface area contributed by atoms with Gasteiger partial charge in [0.1, 0.15) is 5.60 Å². The standard InChI is InChI=1S/C17H23N3O5/c1-13(21)19-10-17(24)11-20(7-8-25-12-17)15(22)9-18-16(23)14-5-3-2-4-6-14/h2-6,24H,7-12H2,1H3,(H,18,23)(H,19,21)/t17-/m0/s1. The van der Waals surface area contributed by atoms with E-state index in [2.05, 4.69) is 10.6 Å². The maximum Gasteiger partial charge on any atom is 0.251 e. The molecule has 1 fully saturated rings. The van der Waals surface area contributed by atoms with Crippen molar-refractivity contribution in [3.63, 3.8) is 0 Å². The van der Waals surface area contributed by atoms with Crippen molar-refractivity contribution in [2.45, 2.75) is 12.5 Å². The summed E-state index contributed by atoms with van der Waals surface area (Å²) in [6, 6.07) is 8.60. The minimum absolute atomic E-state index is 0.0114. The average molecular weight is 349 g/mol. The average Bonchev–Trinajstić information content (AvgIpc) is 2.81. The third kappa shape index (κ3) is 5.84. The lowest BCUT2D eigenvalue weighted by Gasteiger charge is -2.30. The van der Waals surface area contributed by atoms with E-state index >= 15 is 0 Å². The Balaban J connectivity index is 1.91. The minimum Gasteiger partial charge on any atom is -0.384 e. The van der Waals surface area contributed by atoms with Crippen molar-refractivity contribution in [3.05, 3.63) is 35.9 Å². The van der Waals surface area contributed by atoms with E-state index < -0.39 is 5.60 Å². The second-order valence-electron chi connectivity index (χ2n) is 6.05. The summed E-state index contributed by atoms with van der Waals surface area (Å²) >= 11 is 0. The van der Waals surface area contributed by atoms with Crippen molar-refractivity contribution in [3.8, 4) is 0 Å². The zero-order valence-corrected chi connectivity index (χ0v) is 14.2. The van der Waals surface area contributed by atoms with Crippen molar-refractivity contribution in [1.82, 2.24) is 15.5 Å². The molecule has 1 aliphatic heterocycles. The first-order chi connectivity index (χ1) is 11.9. The van der Waals surface area contributed by atoms with Crippen LogP contribution in [0.1, 0.15) is 17.3 Å². The third-order valence-corrected chi connectivity index (χ3v) is 3.82. The number of nitrogens with one attached hydrogen (secondary N) is 2. The van der Waals surface area contributed by atoms with Gasteiger partial charge in [0.25, 0.3) is 5.91 Å². The van der Waals surface area contributed by atoms with Gasteiger partial charge >= 0.3 is 0 Å². The fraction of sp³-hybridized carbons (Fsp3) is 0.471. The molecule has 1 saturated heterocycles. The Labute approximate surface area is 146 Å². The Hall–Kier alpha value is -2.45. The highest BCUT2D eigenvalue weighted by Crippen LogP contribution is 2.12. The van der Waals surface area contributed by atoms with Gasteiger partial charge in [-0.25, -0.2) is 0 Å². The Kier molecular flexibility index (Phi) is 6.49. The minimum atomic E-state index is -1.36. The maximum atomic E-state index is 12.4. The highest BCUT2D eigenvalue weighted by molar-refractivity contribution is 5.96. The number of aliphatic hydroxyl groups is 1. The quantitative estimate of drug-likeness (QED) is 0.641. The van der Waals surface area contributed by atoms with Gasteiger partial charge in [-0.2, -0.15) is 0 Å². The molecule has 3 N–H and O–H groups in total. The molecule has 0 unspecified atom stereocenters. The molecule has 136 valence electrons. The number of ether oxygens (including phenoxy) is 1. The Morgan fingerprint density at radius 3 is 2.64 bits per heavy atom. The lowest BCUT2D eigenvalue weighted by atomic mass is 10.1. The molecule has 0 aliphatic carbocycles. The Morgan fingerprint density at radius 2 is 1.96 bits per heavy atom. The van der Waals surface area contributed by atoms with E-state index in [-0.39, 0.29) is 50.6 Å². The molecule has 1 aliphatic rings. The summed E-state index contributed by atoms with van der Waals surface area (Å²) in [6.45, 7) is 1.79. The van der Waals surface area contributed by atoms with Gasteiger partial charge in [0.2, 0.25) is 11.8 Å². The van der Waals surface area contributed by atoms with Gasteiger partial charge in [0, 0.05) is 19.0 Å². The fourth-order valence-corrected chi connectivity index (χ4v) is 2.48. The predicted molar refractivity (Wildman–Crippen MR) is 89.8 cm³/mol. The van der Waals surface area contributed by atoms with Gasteiger partial charge < -0.3 is 25.4 Å². The second-order valence-corrected chi connectivity index (χ2v) is 6.05. The molecule has 0 spiro atoms. The van der Waals surface area contributed by atoms with Crippen LogP contribution in [-0.2, 0) is 14.3 Å².